The van der Waals surface area contributed by atoms with Gasteiger partial charge in [0, 0.05) is 6.20 Å². The van der Waals surface area contributed by atoms with Crippen LogP contribution in [0.3, 0.4) is 0 Å². The van der Waals surface area contributed by atoms with E-state index in [9.17, 15) is 5.11 Å². The summed E-state index contributed by atoms with van der Waals surface area (Å²) < 4.78 is 0. The molecule has 3 nitrogen and oxygen atoms in total. The first kappa shape index (κ1) is 16.9. The fraction of sp³-hybridized carbons (Fsp3) is 0.556. The number of rotatable bonds is 10. The zero-order valence-corrected chi connectivity index (χ0v) is 14.2. The van der Waals surface area contributed by atoms with E-state index in [1.165, 1.54) is 44.9 Å². The molecule has 4 heteroatoms. The highest BCUT2D eigenvalue weighted by atomic mass is 32.1. The number of hydrogen-bond donors (Lipinski definition) is 1. The summed E-state index contributed by atoms with van der Waals surface area (Å²) in [5, 5.41) is 10.8. The Bertz CT molecular complexity index is 539. The summed E-state index contributed by atoms with van der Waals surface area (Å²) in [4.78, 5) is 9.52. The number of pyridine rings is 1. The molecule has 2 aromatic heterocycles. The monoisotopic (exact) mass is 318 g/mol. The lowest BCUT2D eigenvalue weighted by atomic mass is 10.1. The summed E-state index contributed by atoms with van der Waals surface area (Å²) in [6, 6.07) is 5.76. The van der Waals surface area contributed by atoms with Gasteiger partial charge in [0.05, 0.1) is 10.6 Å². The van der Waals surface area contributed by atoms with Gasteiger partial charge in [0.15, 0.2) is 0 Å². The van der Waals surface area contributed by atoms with E-state index in [4.69, 9.17) is 0 Å². The van der Waals surface area contributed by atoms with E-state index < -0.39 is 0 Å². The quantitative estimate of drug-likeness (QED) is 0.580. The standard InChI is InChI=1S/C18H26N2OS/c1-2-3-4-5-6-7-8-9-13-16-17(21)20-18(22-16)15-12-10-11-14-19-15/h10-12,14,21H,2-9,13H2,1H3. The number of hydrogen-bond acceptors (Lipinski definition) is 4. The minimum atomic E-state index is 0.189. The van der Waals surface area contributed by atoms with Crippen molar-refractivity contribution >= 4 is 11.3 Å². The maximum atomic E-state index is 9.96. The summed E-state index contributed by atoms with van der Waals surface area (Å²) in [6.45, 7) is 2.25. The fourth-order valence-corrected chi connectivity index (χ4v) is 3.50. The second-order valence-corrected chi connectivity index (χ2v) is 6.79. The highest BCUT2D eigenvalue weighted by Gasteiger charge is 2.11. The number of aromatic nitrogens is 2. The first-order valence-corrected chi connectivity index (χ1v) is 9.23. The molecule has 0 aromatic carbocycles. The van der Waals surface area contributed by atoms with Crippen LogP contribution in [0.4, 0.5) is 0 Å². The molecule has 2 heterocycles. The molecule has 22 heavy (non-hydrogen) atoms. The van der Waals surface area contributed by atoms with Gasteiger partial charge in [-0.25, -0.2) is 0 Å². The van der Waals surface area contributed by atoms with Gasteiger partial charge in [0.1, 0.15) is 5.01 Å². The Kier molecular flexibility index (Phi) is 7.37. The molecular formula is C18H26N2OS. The number of thiazole rings is 1. The van der Waals surface area contributed by atoms with Gasteiger partial charge in [-0.2, -0.15) is 4.98 Å². The Hall–Kier alpha value is -1.42. The SMILES string of the molecule is CCCCCCCCCCc1sc(-c2ccccn2)nc1O. The van der Waals surface area contributed by atoms with Crippen LogP contribution in [0.5, 0.6) is 5.88 Å². The Morgan fingerprint density at radius 1 is 1.00 bits per heavy atom. The molecule has 0 aliphatic heterocycles. The number of aryl methyl sites for hydroxylation is 1. The minimum absolute atomic E-state index is 0.189. The van der Waals surface area contributed by atoms with Crippen LogP contribution in [0.2, 0.25) is 0 Å². The third-order valence-electron chi connectivity index (χ3n) is 3.82. The van der Waals surface area contributed by atoms with Crippen molar-refractivity contribution in [1.82, 2.24) is 9.97 Å². The molecule has 0 aliphatic rings. The van der Waals surface area contributed by atoms with Gasteiger partial charge in [-0.1, -0.05) is 57.9 Å². The minimum Gasteiger partial charge on any atom is -0.492 e. The molecule has 0 saturated carbocycles. The van der Waals surface area contributed by atoms with E-state index in [0.717, 1.165) is 28.4 Å². The molecule has 0 atom stereocenters. The van der Waals surface area contributed by atoms with Gasteiger partial charge in [-0.3, -0.25) is 4.98 Å². The fourth-order valence-electron chi connectivity index (χ4n) is 2.52. The Balaban J connectivity index is 1.71. The smallest absolute Gasteiger partial charge is 0.225 e. The molecule has 0 amide bonds. The molecule has 0 bridgehead atoms. The normalized spacial score (nSPS) is 11.0. The van der Waals surface area contributed by atoms with Gasteiger partial charge in [-0.05, 0) is 25.0 Å². The summed E-state index contributed by atoms with van der Waals surface area (Å²) >= 11 is 1.56. The highest BCUT2D eigenvalue weighted by molar-refractivity contribution is 7.15. The van der Waals surface area contributed by atoms with Crippen molar-refractivity contribution < 1.29 is 5.11 Å². The van der Waals surface area contributed by atoms with Gasteiger partial charge in [0.25, 0.3) is 0 Å². The molecule has 2 aromatic rings. The number of aromatic hydroxyl groups is 1. The van der Waals surface area contributed by atoms with Crippen LogP contribution in [0, 0.1) is 0 Å². The molecule has 0 saturated heterocycles. The molecule has 0 spiro atoms. The Labute approximate surface area is 137 Å². The molecule has 0 radical (unpaired) electrons. The number of nitrogens with zero attached hydrogens (tertiary/aromatic N) is 2. The van der Waals surface area contributed by atoms with Crippen LogP contribution in [-0.4, -0.2) is 15.1 Å². The zero-order chi connectivity index (χ0) is 15.6. The van der Waals surface area contributed by atoms with Crippen molar-refractivity contribution in [3.63, 3.8) is 0 Å². The zero-order valence-electron chi connectivity index (χ0n) is 13.4. The van der Waals surface area contributed by atoms with E-state index in [2.05, 4.69) is 16.9 Å². The van der Waals surface area contributed by atoms with Crippen molar-refractivity contribution in [3.05, 3.63) is 29.3 Å². The first-order valence-electron chi connectivity index (χ1n) is 8.41. The maximum absolute atomic E-state index is 9.96. The number of unbranched alkanes of at least 4 members (excludes halogenated alkanes) is 7. The third-order valence-corrected chi connectivity index (χ3v) is 4.94. The van der Waals surface area contributed by atoms with Crippen molar-refractivity contribution in [2.45, 2.75) is 64.7 Å². The first-order chi connectivity index (χ1) is 10.8. The van der Waals surface area contributed by atoms with Crippen LogP contribution in [0.15, 0.2) is 24.4 Å². The summed E-state index contributed by atoms with van der Waals surface area (Å²) in [7, 11) is 0. The summed E-state index contributed by atoms with van der Waals surface area (Å²) in [6.07, 6.45) is 13.1. The largest absolute Gasteiger partial charge is 0.492 e. The topological polar surface area (TPSA) is 46.0 Å². The van der Waals surface area contributed by atoms with Crippen LogP contribution in [0.1, 0.15) is 63.2 Å². The second kappa shape index (κ2) is 9.57. The molecule has 0 unspecified atom stereocenters. The third kappa shape index (κ3) is 5.41. The van der Waals surface area contributed by atoms with Crippen LogP contribution in [0.25, 0.3) is 10.7 Å². The predicted octanol–water partition coefficient (Wildman–Crippen LogP) is 5.59. The molecule has 2 rings (SSSR count). The van der Waals surface area contributed by atoms with Crippen LogP contribution >= 0.6 is 11.3 Å². The molecular weight excluding hydrogens is 292 g/mol. The average molecular weight is 318 g/mol. The van der Waals surface area contributed by atoms with Gasteiger partial charge < -0.3 is 5.11 Å². The van der Waals surface area contributed by atoms with Gasteiger partial charge in [0.2, 0.25) is 5.88 Å². The van der Waals surface area contributed by atoms with Gasteiger partial charge in [-0.15, -0.1) is 11.3 Å². The van der Waals surface area contributed by atoms with E-state index >= 15 is 0 Å². The van der Waals surface area contributed by atoms with Crippen molar-refractivity contribution in [1.29, 1.82) is 0 Å². The summed E-state index contributed by atoms with van der Waals surface area (Å²) in [5.41, 5.74) is 0.838. The molecule has 0 fully saturated rings. The van der Waals surface area contributed by atoms with Crippen LogP contribution < -0.4 is 0 Å². The Morgan fingerprint density at radius 2 is 1.73 bits per heavy atom. The maximum Gasteiger partial charge on any atom is 0.225 e. The lowest BCUT2D eigenvalue weighted by molar-refractivity contribution is 0.450. The van der Waals surface area contributed by atoms with Crippen molar-refractivity contribution in [3.8, 4) is 16.6 Å². The molecule has 120 valence electrons. The highest BCUT2D eigenvalue weighted by Crippen LogP contribution is 2.31. The van der Waals surface area contributed by atoms with E-state index in [1.807, 2.05) is 18.2 Å². The van der Waals surface area contributed by atoms with E-state index in [0.29, 0.717) is 0 Å². The molecule has 1 N–H and O–H groups in total. The van der Waals surface area contributed by atoms with Crippen molar-refractivity contribution in [2.75, 3.05) is 0 Å². The lowest BCUT2D eigenvalue weighted by Gasteiger charge is -2.01. The average Bonchev–Trinajstić information content (AvgIpc) is 2.92. The van der Waals surface area contributed by atoms with Crippen molar-refractivity contribution in [2.24, 2.45) is 0 Å². The predicted molar refractivity (Wildman–Crippen MR) is 93.3 cm³/mol. The molecule has 0 aliphatic carbocycles. The Morgan fingerprint density at radius 3 is 2.41 bits per heavy atom. The summed E-state index contributed by atoms with van der Waals surface area (Å²) in [5.74, 6) is 0.189. The van der Waals surface area contributed by atoms with Gasteiger partial charge >= 0.3 is 0 Å². The van der Waals surface area contributed by atoms with Crippen LogP contribution in [-0.2, 0) is 6.42 Å². The van der Waals surface area contributed by atoms with E-state index in [1.54, 1.807) is 17.5 Å². The van der Waals surface area contributed by atoms with E-state index in [-0.39, 0.29) is 5.88 Å². The lowest BCUT2D eigenvalue weighted by Crippen LogP contribution is -1.84. The second-order valence-electron chi connectivity index (χ2n) is 5.71.